The minimum atomic E-state index is -1.72. The van der Waals surface area contributed by atoms with Crippen molar-refractivity contribution in [1.82, 2.24) is 0 Å². The summed E-state index contributed by atoms with van der Waals surface area (Å²) < 4.78 is 24.6. The van der Waals surface area contributed by atoms with E-state index in [1.807, 2.05) is 0 Å². The summed E-state index contributed by atoms with van der Waals surface area (Å²) in [5.74, 6) is 0. The molecule has 11 nitrogen and oxygen atoms in total. The first kappa shape index (κ1) is 16.9. The molecule has 0 aromatic rings. The highest BCUT2D eigenvalue weighted by Crippen LogP contribution is 2.25. The average Bonchev–Trinajstić information content (AvgIpc) is 2.45. The van der Waals surface area contributed by atoms with E-state index >= 15 is 0 Å². The molecule has 2 saturated heterocycles. The average molecular weight is 314 g/mol. The van der Waals surface area contributed by atoms with E-state index in [9.17, 15) is 20.4 Å². The number of aliphatic hydroxyl groups excluding tert-OH is 6. The van der Waals surface area contributed by atoms with E-state index in [1.54, 1.807) is 0 Å². The molecule has 8 atom stereocenters. The zero-order chi connectivity index (χ0) is 15.6. The highest BCUT2D eigenvalue weighted by Gasteiger charge is 2.44. The van der Waals surface area contributed by atoms with Gasteiger partial charge < -0.3 is 54.3 Å². The highest BCUT2D eigenvalue weighted by molar-refractivity contribution is 4.73. The topological polar surface area (TPSA) is 168 Å². The Labute approximate surface area is 118 Å². The Morgan fingerprint density at radius 3 is 1.86 bits per heavy atom. The maximum atomic E-state index is 9.58. The normalized spacial score (nSPS) is 48.3. The fourth-order valence-corrected chi connectivity index (χ4v) is 1.82. The van der Waals surface area contributed by atoms with Gasteiger partial charge in [0.2, 0.25) is 25.2 Å². The van der Waals surface area contributed by atoms with Gasteiger partial charge in [0, 0.05) is 0 Å². The zero-order valence-corrected chi connectivity index (χ0v) is 10.8. The summed E-state index contributed by atoms with van der Waals surface area (Å²) in [5, 5.41) is 55.6. The van der Waals surface area contributed by atoms with Gasteiger partial charge in [-0.2, -0.15) is 0 Å². The van der Waals surface area contributed by atoms with Crippen LogP contribution < -0.4 is 0 Å². The SMILES string of the molecule is OCC1O[C@H](O)C(O)O[C@H]1O[C@@H]1OC(CO)[C@@H](O)OC1O. The largest absolute Gasteiger partial charge is 0.393 e. The molecule has 2 heterocycles. The number of rotatable bonds is 4. The van der Waals surface area contributed by atoms with Crippen LogP contribution >= 0.6 is 0 Å². The van der Waals surface area contributed by atoms with Crippen LogP contribution in [0, 0.1) is 0 Å². The van der Waals surface area contributed by atoms with Gasteiger partial charge in [-0.25, -0.2) is 0 Å². The van der Waals surface area contributed by atoms with Crippen molar-refractivity contribution >= 4 is 0 Å². The molecular weight excluding hydrogens is 296 g/mol. The summed E-state index contributed by atoms with van der Waals surface area (Å²) in [4.78, 5) is 0. The number of hydrogen-bond donors (Lipinski definition) is 6. The van der Waals surface area contributed by atoms with Gasteiger partial charge in [-0.3, -0.25) is 0 Å². The van der Waals surface area contributed by atoms with Crippen LogP contribution in [0.4, 0.5) is 0 Å². The first-order valence-corrected chi connectivity index (χ1v) is 6.17. The molecule has 21 heavy (non-hydrogen) atoms. The maximum absolute atomic E-state index is 9.58. The predicted octanol–water partition coefficient (Wildman–Crippen LogP) is -4.26. The number of ether oxygens (including phenoxy) is 5. The summed E-state index contributed by atoms with van der Waals surface area (Å²) in [5.41, 5.74) is 0. The van der Waals surface area contributed by atoms with Gasteiger partial charge in [-0.15, -0.1) is 0 Å². The highest BCUT2D eigenvalue weighted by atomic mass is 16.9. The number of aliphatic hydroxyl groups is 6. The fraction of sp³-hybridized carbons (Fsp3) is 1.00. The van der Waals surface area contributed by atoms with Gasteiger partial charge in [0.05, 0.1) is 13.2 Å². The smallest absolute Gasteiger partial charge is 0.212 e. The van der Waals surface area contributed by atoms with Gasteiger partial charge in [0.15, 0.2) is 12.6 Å². The fourth-order valence-electron chi connectivity index (χ4n) is 1.82. The van der Waals surface area contributed by atoms with E-state index in [4.69, 9.17) is 33.9 Å². The van der Waals surface area contributed by atoms with E-state index in [0.29, 0.717) is 0 Å². The van der Waals surface area contributed by atoms with Gasteiger partial charge in [0.1, 0.15) is 12.2 Å². The monoisotopic (exact) mass is 314 g/mol. The van der Waals surface area contributed by atoms with Crippen molar-refractivity contribution in [1.29, 1.82) is 0 Å². The quantitative estimate of drug-likeness (QED) is 0.297. The van der Waals surface area contributed by atoms with Crippen LogP contribution in [0.15, 0.2) is 0 Å². The Hall–Kier alpha value is -0.440. The second-order valence-electron chi connectivity index (χ2n) is 4.42. The molecule has 4 unspecified atom stereocenters. The van der Waals surface area contributed by atoms with Crippen molar-refractivity contribution in [3.63, 3.8) is 0 Å². The Morgan fingerprint density at radius 2 is 1.24 bits per heavy atom. The third-order valence-electron chi connectivity index (χ3n) is 2.90. The minimum Gasteiger partial charge on any atom is -0.393 e. The Morgan fingerprint density at radius 1 is 0.619 bits per heavy atom. The molecule has 0 aromatic carbocycles. The molecule has 0 radical (unpaired) electrons. The first-order valence-electron chi connectivity index (χ1n) is 6.17. The summed E-state index contributed by atoms with van der Waals surface area (Å²) >= 11 is 0. The van der Waals surface area contributed by atoms with Crippen LogP contribution in [0.3, 0.4) is 0 Å². The molecule has 0 amide bonds. The van der Waals surface area contributed by atoms with Crippen molar-refractivity contribution in [2.24, 2.45) is 0 Å². The molecule has 0 aromatic heterocycles. The van der Waals surface area contributed by atoms with Crippen LogP contribution in [-0.2, 0) is 23.7 Å². The van der Waals surface area contributed by atoms with Gasteiger partial charge in [-0.05, 0) is 0 Å². The first-order chi connectivity index (χ1) is 9.96. The van der Waals surface area contributed by atoms with Gasteiger partial charge >= 0.3 is 0 Å². The molecule has 0 aliphatic carbocycles. The predicted molar refractivity (Wildman–Crippen MR) is 58.8 cm³/mol. The minimum absolute atomic E-state index is 0.597. The lowest BCUT2D eigenvalue weighted by molar-refractivity contribution is -0.446. The second kappa shape index (κ2) is 7.21. The molecule has 0 saturated carbocycles. The molecular formula is C10H18O11. The molecule has 0 spiro atoms. The summed E-state index contributed by atoms with van der Waals surface area (Å²) in [7, 11) is 0. The van der Waals surface area contributed by atoms with E-state index in [2.05, 4.69) is 0 Å². The van der Waals surface area contributed by atoms with Crippen molar-refractivity contribution in [3.8, 4) is 0 Å². The van der Waals surface area contributed by atoms with Crippen LogP contribution in [0.2, 0.25) is 0 Å². The van der Waals surface area contributed by atoms with E-state index < -0.39 is 63.2 Å². The summed E-state index contributed by atoms with van der Waals surface area (Å²) in [6.45, 7) is -1.20. The Bertz CT molecular complexity index is 328. The van der Waals surface area contributed by atoms with Crippen molar-refractivity contribution in [3.05, 3.63) is 0 Å². The van der Waals surface area contributed by atoms with Gasteiger partial charge in [-0.1, -0.05) is 0 Å². The zero-order valence-electron chi connectivity index (χ0n) is 10.8. The molecule has 2 aliphatic heterocycles. The molecule has 2 fully saturated rings. The van der Waals surface area contributed by atoms with Crippen molar-refractivity contribution in [2.45, 2.75) is 49.9 Å². The lowest BCUT2D eigenvalue weighted by Gasteiger charge is -2.41. The lowest BCUT2D eigenvalue weighted by atomic mass is 10.3. The maximum Gasteiger partial charge on any atom is 0.212 e. The molecule has 11 heteroatoms. The van der Waals surface area contributed by atoms with Crippen LogP contribution in [0.25, 0.3) is 0 Å². The van der Waals surface area contributed by atoms with E-state index in [0.717, 1.165) is 0 Å². The Kier molecular flexibility index (Phi) is 5.81. The van der Waals surface area contributed by atoms with Crippen molar-refractivity contribution < 1.29 is 54.3 Å². The van der Waals surface area contributed by atoms with Crippen molar-refractivity contribution in [2.75, 3.05) is 13.2 Å². The third-order valence-corrected chi connectivity index (χ3v) is 2.90. The van der Waals surface area contributed by atoms with Gasteiger partial charge in [0.25, 0.3) is 0 Å². The van der Waals surface area contributed by atoms with E-state index in [-0.39, 0.29) is 0 Å². The van der Waals surface area contributed by atoms with Crippen LogP contribution in [0.1, 0.15) is 0 Å². The molecule has 6 N–H and O–H groups in total. The standard InChI is InChI=1S/C10H18O11/c11-1-3-5(13)19-8(16)10(18-3)21-9-4(2-12)17-6(14)7(15)20-9/h3-16H,1-2H2/t3?,4?,5-,6-,7?,8?,9-,10-/m0/s1. The Balaban J connectivity index is 1.98. The van der Waals surface area contributed by atoms with Crippen LogP contribution in [0.5, 0.6) is 0 Å². The summed E-state index contributed by atoms with van der Waals surface area (Å²) in [6.07, 6.45) is -11.8. The number of hydrogen-bond acceptors (Lipinski definition) is 11. The third kappa shape index (κ3) is 3.85. The molecule has 2 aliphatic rings. The lowest BCUT2D eigenvalue weighted by Crippen LogP contribution is -2.57. The van der Waals surface area contributed by atoms with E-state index in [1.165, 1.54) is 0 Å². The summed E-state index contributed by atoms with van der Waals surface area (Å²) in [6, 6.07) is 0. The molecule has 2 rings (SSSR count). The van der Waals surface area contributed by atoms with Crippen LogP contribution in [-0.4, -0.2) is 93.8 Å². The molecule has 0 bridgehead atoms. The molecule has 124 valence electrons. The second-order valence-corrected chi connectivity index (χ2v) is 4.42.